The normalized spacial score (nSPS) is 18.2. The first-order valence-electron chi connectivity index (χ1n) is 6.55. The first kappa shape index (κ1) is 13.3. The van der Waals surface area contributed by atoms with Crippen molar-refractivity contribution in [1.29, 1.82) is 0 Å². The summed E-state index contributed by atoms with van der Waals surface area (Å²) in [6, 6.07) is 7.24. The number of carbonyl (C=O) groups is 2. The predicted molar refractivity (Wildman–Crippen MR) is 74.1 cm³/mol. The van der Waals surface area contributed by atoms with E-state index in [2.05, 4.69) is 10.1 Å². The van der Waals surface area contributed by atoms with Gasteiger partial charge in [-0.25, -0.2) is 0 Å². The Bertz CT molecular complexity index is 710. The van der Waals surface area contributed by atoms with E-state index < -0.39 is 11.8 Å². The number of anilines is 1. The van der Waals surface area contributed by atoms with Gasteiger partial charge < -0.3 is 15.2 Å². The fourth-order valence-corrected chi connectivity index (χ4v) is 2.38. The van der Waals surface area contributed by atoms with E-state index in [1.165, 1.54) is 0 Å². The van der Waals surface area contributed by atoms with E-state index in [0.717, 1.165) is 5.56 Å². The van der Waals surface area contributed by atoms with E-state index in [-0.39, 0.29) is 12.3 Å². The Balaban J connectivity index is 1.90. The molecule has 2 aromatic rings. The summed E-state index contributed by atoms with van der Waals surface area (Å²) in [5, 5.41) is 3.85. The molecule has 2 amide bonds. The molecular formula is C14H14N4O3. The molecule has 21 heavy (non-hydrogen) atoms. The number of nitrogens with zero attached hydrogens (tertiary/aromatic N) is 3. The molecular weight excluding hydrogens is 272 g/mol. The van der Waals surface area contributed by atoms with Crippen LogP contribution in [0.5, 0.6) is 0 Å². The number of hydrogen-bond acceptors (Lipinski definition) is 5. The second kappa shape index (κ2) is 5.01. The maximum absolute atomic E-state index is 12.0. The molecule has 0 aliphatic carbocycles. The van der Waals surface area contributed by atoms with Crippen molar-refractivity contribution >= 4 is 17.5 Å². The summed E-state index contributed by atoms with van der Waals surface area (Å²) in [5.41, 5.74) is 6.72. The number of aromatic nitrogens is 2. The van der Waals surface area contributed by atoms with Gasteiger partial charge in [0, 0.05) is 31.1 Å². The van der Waals surface area contributed by atoms with E-state index >= 15 is 0 Å². The summed E-state index contributed by atoms with van der Waals surface area (Å²) in [7, 11) is 0. The number of amides is 2. The minimum absolute atomic E-state index is 0.111. The minimum Gasteiger partial charge on any atom is -0.369 e. The molecule has 1 aliphatic rings. The maximum atomic E-state index is 12.0. The molecule has 2 N–H and O–H groups in total. The summed E-state index contributed by atoms with van der Waals surface area (Å²) >= 11 is 0. The highest BCUT2D eigenvalue weighted by Crippen LogP contribution is 2.28. The van der Waals surface area contributed by atoms with Crippen molar-refractivity contribution < 1.29 is 14.1 Å². The Morgan fingerprint density at radius 1 is 1.48 bits per heavy atom. The zero-order chi connectivity index (χ0) is 15.0. The van der Waals surface area contributed by atoms with Crippen molar-refractivity contribution in [3.8, 4) is 11.4 Å². The van der Waals surface area contributed by atoms with Crippen LogP contribution in [0.15, 0.2) is 28.8 Å². The lowest BCUT2D eigenvalue weighted by molar-refractivity contribution is -0.123. The minimum atomic E-state index is -0.448. The van der Waals surface area contributed by atoms with Crippen LogP contribution in [0.4, 0.5) is 5.69 Å². The third kappa shape index (κ3) is 2.49. The second-order valence-corrected chi connectivity index (χ2v) is 5.00. The van der Waals surface area contributed by atoms with Crippen molar-refractivity contribution in [2.24, 2.45) is 11.7 Å². The van der Waals surface area contributed by atoms with Gasteiger partial charge in [-0.3, -0.25) is 9.59 Å². The molecule has 1 aliphatic heterocycles. The standard InChI is InChI=1S/C14H14N4O3/c1-8-16-14(17-21-8)9-3-2-4-11(5-9)18-7-10(13(15)20)6-12(18)19/h2-5,10H,6-7H2,1H3,(H2,15,20). The first-order valence-corrected chi connectivity index (χ1v) is 6.55. The monoisotopic (exact) mass is 286 g/mol. The highest BCUT2D eigenvalue weighted by atomic mass is 16.5. The number of hydrogen-bond donors (Lipinski definition) is 1. The van der Waals surface area contributed by atoms with Crippen LogP contribution in [-0.2, 0) is 9.59 Å². The van der Waals surface area contributed by atoms with E-state index in [0.29, 0.717) is 23.9 Å². The highest BCUT2D eigenvalue weighted by Gasteiger charge is 2.34. The van der Waals surface area contributed by atoms with E-state index in [1.54, 1.807) is 30.0 Å². The Hall–Kier alpha value is -2.70. The van der Waals surface area contributed by atoms with Gasteiger partial charge in [-0.1, -0.05) is 17.3 Å². The number of primary amides is 1. The van der Waals surface area contributed by atoms with E-state index in [9.17, 15) is 9.59 Å². The Kier molecular flexibility index (Phi) is 3.17. The van der Waals surface area contributed by atoms with Crippen molar-refractivity contribution in [2.45, 2.75) is 13.3 Å². The van der Waals surface area contributed by atoms with Gasteiger partial charge in [-0.05, 0) is 12.1 Å². The summed E-state index contributed by atoms with van der Waals surface area (Å²) in [6.07, 6.45) is 0.154. The average Bonchev–Trinajstić information content (AvgIpc) is 3.05. The predicted octanol–water partition coefficient (Wildman–Crippen LogP) is 0.883. The highest BCUT2D eigenvalue weighted by molar-refractivity contribution is 6.00. The molecule has 0 radical (unpaired) electrons. The third-order valence-corrected chi connectivity index (χ3v) is 3.47. The Labute approximate surface area is 120 Å². The molecule has 0 spiro atoms. The molecule has 0 bridgehead atoms. The van der Waals surface area contributed by atoms with Gasteiger partial charge in [-0.15, -0.1) is 0 Å². The summed E-state index contributed by atoms with van der Waals surface area (Å²) < 4.78 is 4.95. The van der Waals surface area contributed by atoms with Crippen LogP contribution in [0.2, 0.25) is 0 Å². The van der Waals surface area contributed by atoms with Crippen LogP contribution < -0.4 is 10.6 Å². The van der Waals surface area contributed by atoms with Crippen LogP contribution in [0.3, 0.4) is 0 Å². The quantitative estimate of drug-likeness (QED) is 0.902. The van der Waals surface area contributed by atoms with Crippen molar-refractivity contribution in [2.75, 3.05) is 11.4 Å². The molecule has 2 heterocycles. The second-order valence-electron chi connectivity index (χ2n) is 5.00. The Morgan fingerprint density at radius 3 is 2.90 bits per heavy atom. The maximum Gasteiger partial charge on any atom is 0.227 e. The van der Waals surface area contributed by atoms with Crippen LogP contribution in [0.1, 0.15) is 12.3 Å². The first-order chi connectivity index (χ1) is 10.0. The van der Waals surface area contributed by atoms with Gasteiger partial charge in [0.05, 0.1) is 5.92 Å². The summed E-state index contributed by atoms with van der Waals surface area (Å²) in [6.45, 7) is 2.02. The number of rotatable bonds is 3. The lowest BCUT2D eigenvalue weighted by Crippen LogP contribution is -2.28. The molecule has 0 saturated carbocycles. The van der Waals surface area contributed by atoms with Gasteiger partial charge in [0.1, 0.15) is 0 Å². The molecule has 1 aromatic carbocycles. The largest absolute Gasteiger partial charge is 0.369 e. The molecule has 7 heteroatoms. The number of nitrogens with two attached hydrogens (primary N) is 1. The fraction of sp³-hybridized carbons (Fsp3) is 0.286. The van der Waals surface area contributed by atoms with Crippen molar-refractivity contribution in [3.63, 3.8) is 0 Å². The lowest BCUT2D eigenvalue weighted by atomic mass is 10.1. The van der Waals surface area contributed by atoms with Gasteiger partial charge in [-0.2, -0.15) is 4.98 Å². The third-order valence-electron chi connectivity index (χ3n) is 3.47. The molecule has 3 rings (SSSR count). The molecule has 1 unspecified atom stereocenters. The number of benzene rings is 1. The summed E-state index contributed by atoms with van der Waals surface area (Å²) in [5.74, 6) is -0.0569. The van der Waals surface area contributed by atoms with Crippen molar-refractivity contribution in [3.05, 3.63) is 30.2 Å². The van der Waals surface area contributed by atoms with Crippen molar-refractivity contribution in [1.82, 2.24) is 10.1 Å². The molecule has 108 valence electrons. The van der Waals surface area contributed by atoms with E-state index in [4.69, 9.17) is 10.3 Å². The Morgan fingerprint density at radius 2 is 2.29 bits per heavy atom. The van der Waals surface area contributed by atoms with Crippen LogP contribution in [-0.4, -0.2) is 28.5 Å². The van der Waals surface area contributed by atoms with Gasteiger partial charge in [0.25, 0.3) is 0 Å². The number of carbonyl (C=O) groups excluding carboxylic acids is 2. The van der Waals surface area contributed by atoms with Crippen LogP contribution in [0, 0.1) is 12.8 Å². The summed E-state index contributed by atoms with van der Waals surface area (Å²) in [4.78, 5) is 29.0. The molecule has 1 aromatic heterocycles. The van der Waals surface area contributed by atoms with Crippen LogP contribution in [0.25, 0.3) is 11.4 Å². The zero-order valence-corrected chi connectivity index (χ0v) is 11.4. The van der Waals surface area contributed by atoms with Gasteiger partial charge in [0.2, 0.25) is 23.5 Å². The molecule has 1 atom stereocenters. The topological polar surface area (TPSA) is 102 Å². The van der Waals surface area contributed by atoms with Gasteiger partial charge >= 0.3 is 0 Å². The SMILES string of the molecule is Cc1nc(-c2cccc(N3CC(C(N)=O)CC3=O)c2)no1. The average molecular weight is 286 g/mol. The fourth-order valence-electron chi connectivity index (χ4n) is 2.38. The van der Waals surface area contributed by atoms with E-state index in [1.807, 2.05) is 6.07 Å². The van der Waals surface area contributed by atoms with Gasteiger partial charge in [0.15, 0.2) is 0 Å². The zero-order valence-electron chi connectivity index (χ0n) is 11.4. The number of aryl methyl sites for hydroxylation is 1. The lowest BCUT2D eigenvalue weighted by Gasteiger charge is -2.16. The van der Waals surface area contributed by atoms with Crippen LogP contribution >= 0.6 is 0 Å². The smallest absolute Gasteiger partial charge is 0.227 e. The molecule has 1 saturated heterocycles. The molecule has 1 fully saturated rings. The molecule has 7 nitrogen and oxygen atoms in total.